The van der Waals surface area contributed by atoms with E-state index in [1.807, 2.05) is 12.1 Å². The van der Waals surface area contributed by atoms with Crippen LogP contribution in [0.25, 0.3) is 0 Å². The minimum atomic E-state index is 0.505. The number of anilines is 1. The first-order valence-electron chi connectivity index (χ1n) is 7.15. The van der Waals surface area contributed by atoms with Gasteiger partial charge in [0.2, 0.25) is 0 Å². The van der Waals surface area contributed by atoms with Crippen LogP contribution in [0.3, 0.4) is 0 Å². The minimum absolute atomic E-state index is 0.505. The molecule has 0 aliphatic rings. The van der Waals surface area contributed by atoms with Crippen molar-refractivity contribution in [2.75, 3.05) is 11.4 Å². The maximum Gasteiger partial charge on any atom is 0.0642 e. The van der Waals surface area contributed by atoms with Gasteiger partial charge in [-0.3, -0.25) is 0 Å². The summed E-state index contributed by atoms with van der Waals surface area (Å²) in [7, 11) is 0. The second-order valence-electron chi connectivity index (χ2n) is 5.40. The number of halogens is 2. The Morgan fingerprint density at radius 2 is 1.79 bits per heavy atom. The molecule has 0 aromatic heterocycles. The van der Waals surface area contributed by atoms with Crippen LogP contribution in [0.4, 0.5) is 5.69 Å². The largest absolute Gasteiger partial charge is 0.367 e. The lowest BCUT2D eigenvalue weighted by atomic mass is 10.0. The molecule has 19 heavy (non-hydrogen) atoms. The fourth-order valence-electron chi connectivity index (χ4n) is 2.54. The normalized spacial score (nSPS) is 11.4. The zero-order valence-electron chi connectivity index (χ0n) is 12.4. The highest BCUT2D eigenvalue weighted by Gasteiger charge is 2.21. The van der Waals surface area contributed by atoms with Gasteiger partial charge >= 0.3 is 0 Å². The van der Waals surface area contributed by atoms with Crippen LogP contribution < -0.4 is 4.90 Å². The maximum absolute atomic E-state index is 6.44. The van der Waals surface area contributed by atoms with Gasteiger partial charge in [-0.1, -0.05) is 51.4 Å². The molecule has 0 heterocycles. The topological polar surface area (TPSA) is 3.24 Å². The number of para-hydroxylation sites is 1. The van der Waals surface area contributed by atoms with Gasteiger partial charge in [-0.25, -0.2) is 0 Å². The lowest BCUT2D eigenvalue weighted by Gasteiger charge is -2.36. The Labute approximate surface area is 127 Å². The molecule has 1 rings (SSSR count). The van der Waals surface area contributed by atoms with E-state index in [2.05, 4.69) is 38.7 Å². The molecule has 0 aliphatic heterocycles. The molecule has 108 valence electrons. The molecule has 0 saturated heterocycles. The lowest BCUT2D eigenvalue weighted by molar-refractivity contribution is 0.507. The highest BCUT2D eigenvalue weighted by molar-refractivity contribution is 6.33. The van der Waals surface area contributed by atoms with Crippen LogP contribution >= 0.6 is 23.2 Å². The Morgan fingerprint density at radius 3 is 2.26 bits per heavy atom. The third-order valence-corrected chi connectivity index (χ3v) is 4.04. The molecule has 1 aromatic rings. The van der Waals surface area contributed by atoms with Crippen LogP contribution in [0, 0.1) is 5.92 Å². The molecule has 0 aliphatic carbocycles. The van der Waals surface area contributed by atoms with Crippen molar-refractivity contribution in [1.82, 2.24) is 0 Å². The van der Waals surface area contributed by atoms with Crippen LogP contribution in [-0.2, 0) is 5.88 Å². The molecule has 0 bridgehead atoms. The maximum atomic E-state index is 6.44. The van der Waals surface area contributed by atoms with Crippen molar-refractivity contribution in [3.8, 4) is 0 Å². The Balaban J connectivity index is 3.23. The molecule has 0 unspecified atom stereocenters. The van der Waals surface area contributed by atoms with E-state index >= 15 is 0 Å². The minimum Gasteiger partial charge on any atom is -0.367 e. The predicted molar refractivity (Wildman–Crippen MR) is 87.6 cm³/mol. The van der Waals surface area contributed by atoms with Crippen molar-refractivity contribution in [2.24, 2.45) is 5.92 Å². The van der Waals surface area contributed by atoms with Crippen LogP contribution in [0.5, 0.6) is 0 Å². The zero-order chi connectivity index (χ0) is 14.4. The standard InChI is InChI=1S/C16H25Cl2N/c1-5-14(6-2)19(11-12(3)4)16-13(10-17)8-7-9-15(16)18/h7-9,12,14H,5-6,10-11H2,1-4H3. The SMILES string of the molecule is CCC(CC)N(CC(C)C)c1c(Cl)cccc1CCl. The summed E-state index contributed by atoms with van der Waals surface area (Å²) < 4.78 is 0. The highest BCUT2D eigenvalue weighted by atomic mass is 35.5. The highest BCUT2D eigenvalue weighted by Crippen LogP contribution is 2.34. The summed E-state index contributed by atoms with van der Waals surface area (Å²) in [6.07, 6.45) is 2.24. The van der Waals surface area contributed by atoms with Gasteiger partial charge < -0.3 is 4.90 Å². The number of hydrogen-bond donors (Lipinski definition) is 0. The molecule has 0 saturated carbocycles. The summed E-state index contributed by atoms with van der Waals surface area (Å²) in [4.78, 5) is 2.45. The van der Waals surface area contributed by atoms with Gasteiger partial charge in [0.05, 0.1) is 10.7 Å². The van der Waals surface area contributed by atoms with Crippen molar-refractivity contribution in [1.29, 1.82) is 0 Å². The molecular weight excluding hydrogens is 277 g/mol. The molecule has 0 spiro atoms. The van der Waals surface area contributed by atoms with E-state index in [0.717, 1.165) is 35.7 Å². The van der Waals surface area contributed by atoms with E-state index in [1.165, 1.54) is 0 Å². The van der Waals surface area contributed by atoms with Crippen LogP contribution in [-0.4, -0.2) is 12.6 Å². The smallest absolute Gasteiger partial charge is 0.0642 e. The number of nitrogens with zero attached hydrogens (tertiary/aromatic N) is 1. The summed E-state index contributed by atoms with van der Waals surface area (Å²) in [6.45, 7) is 9.97. The van der Waals surface area contributed by atoms with Crippen LogP contribution in [0.2, 0.25) is 5.02 Å². The second-order valence-corrected chi connectivity index (χ2v) is 6.07. The van der Waals surface area contributed by atoms with Crippen molar-refractivity contribution in [2.45, 2.75) is 52.5 Å². The zero-order valence-corrected chi connectivity index (χ0v) is 13.9. The van der Waals surface area contributed by atoms with E-state index in [1.54, 1.807) is 0 Å². The summed E-state index contributed by atoms with van der Waals surface area (Å²) in [5, 5.41) is 0.811. The first-order chi connectivity index (χ1) is 9.04. The number of alkyl halides is 1. The molecule has 0 amide bonds. The number of hydrogen-bond acceptors (Lipinski definition) is 1. The van der Waals surface area contributed by atoms with E-state index in [0.29, 0.717) is 17.8 Å². The van der Waals surface area contributed by atoms with Gasteiger partial charge in [-0.15, -0.1) is 11.6 Å². The van der Waals surface area contributed by atoms with Gasteiger partial charge in [0.1, 0.15) is 0 Å². The number of rotatable bonds is 7. The van der Waals surface area contributed by atoms with Gasteiger partial charge in [0, 0.05) is 18.5 Å². The molecule has 1 aromatic carbocycles. The predicted octanol–water partition coefficient (Wildman–Crippen LogP) is 5.73. The van der Waals surface area contributed by atoms with Gasteiger partial charge in [-0.2, -0.15) is 0 Å². The fourth-order valence-corrected chi connectivity index (χ4v) is 3.05. The first-order valence-corrected chi connectivity index (χ1v) is 8.06. The number of benzene rings is 1. The quantitative estimate of drug-likeness (QED) is 0.581. The molecule has 1 nitrogen and oxygen atoms in total. The third-order valence-electron chi connectivity index (χ3n) is 3.45. The molecule has 0 radical (unpaired) electrons. The summed E-state index contributed by atoms with van der Waals surface area (Å²) >= 11 is 12.5. The summed E-state index contributed by atoms with van der Waals surface area (Å²) in [5.41, 5.74) is 2.25. The first kappa shape index (κ1) is 16.7. The second kappa shape index (κ2) is 8.01. The van der Waals surface area contributed by atoms with Crippen molar-refractivity contribution in [3.05, 3.63) is 28.8 Å². The molecule has 3 heteroatoms. The van der Waals surface area contributed by atoms with E-state index in [9.17, 15) is 0 Å². The molecule has 0 atom stereocenters. The fraction of sp³-hybridized carbons (Fsp3) is 0.625. The molecular formula is C16H25Cl2N. The lowest BCUT2D eigenvalue weighted by Crippen LogP contribution is -2.38. The Hall–Kier alpha value is -0.400. The average molecular weight is 302 g/mol. The van der Waals surface area contributed by atoms with Gasteiger partial charge in [-0.05, 0) is 30.4 Å². The van der Waals surface area contributed by atoms with Crippen molar-refractivity contribution in [3.63, 3.8) is 0 Å². The van der Waals surface area contributed by atoms with E-state index in [4.69, 9.17) is 23.2 Å². The Bertz CT molecular complexity index is 386. The summed E-state index contributed by atoms with van der Waals surface area (Å²) in [6, 6.07) is 6.53. The Morgan fingerprint density at radius 1 is 1.16 bits per heavy atom. The monoisotopic (exact) mass is 301 g/mol. The van der Waals surface area contributed by atoms with Crippen LogP contribution in [0.15, 0.2) is 18.2 Å². The van der Waals surface area contributed by atoms with E-state index in [-0.39, 0.29) is 0 Å². The Kier molecular flexibility index (Phi) is 7.02. The third kappa shape index (κ3) is 4.29. The molecule has 0 fully saturated rings. The molecule has 0 N–H and O–H groups in total. The van der Waals surface area contributed by atoms with E-state index < -0.39 is 0 Å². The van der Waals surface area contributed by atoms with Crippen molar-refractivity contribution >= 4 is 28.9 Å². The van der Waals surface area contributed by atoms with Gasteiger partial charge in [0.25, 0.3) is 0 Å². The van der Waals surface area contributed by atoms with Crippen LogP contribution in [0.1, 0.15) is 46.1 Å². The van der Waals surface area contributed by atoms with Gasteiger partial charge in [0.15, 0.2) is 0 Å². The summed E-state index contributed by atoms with van der Waals surface area (Å²) in [5.74, 6) is 1.10. The van der Waals surface area contributed by atoms with Crippen molar-refractivity contribution < 1.29 is 0 Å². The average Bonchev–Trinajstić information content (AvgIpc) is 2.38.